The normalized spacial score (nSPS) is 16.9. The highest BCUT2D eigenvalue weighted by molar-refractivity contribution is 5.78. The molecule has 1 atom stereocenters. The van der Waals surface area contributed by atoms with Gasteiger partial charge >= 0.3 is 0 Å². The highest BCUT2D eigenvalue weighted by atomic mass is 16.2. The summed E-state index contributed by atoms with van der Waals surface area (Å²) in [7, 11) is 0. The van der Waals surface area contributed by atoms with Crippen molar-refractivity contribution < 1.29 is 4.79 Å². The summed E-state index contributed by atoms with van der Waals surface area (Å²) in [6, 6.07) is 4.64. The summed E-state index contributed by atoms with van der Waals surface area (Å²) in [4.78, 5) is 14.2. The van der Waals surface area contributed by atoms with E-state index in [9.17, 15) is 4.79 Å². The number of nitrogens with zero attached hydrogens (tertiary/aromatic N) is 1. The van der Waals surface area contributed by atoms with Crippen molar-refractivity contribution in [3.8, 4) is 0 Å². The Morgan fingerprint density at radius 3 is 2.29 bits per heavy atom. The highest BCUT2D eigenvalue weighted by Gasteiger charge is 2.18. The van der Waals surface area contributed by atoms with Gasteiger partial charge in [0.25, 0.3) is 0 Å². The van der Waals surface area contributed by atoms with E-state index in [1.165, 1.54) is 28.7 Å². The van der Waals surface area contributed by atoms with Crippen molar-refractivity contribution in [3.63, 3.8) is 0 Å². The van der Waals surface area contributed by atoms with E-state index in [4.69, 9.17) is 0 Å². The van der Waals surface area contributed by atoms with Gasteiger partial charge < -0.3 is 10.2 Å². The van der Waals surface area contributed by atoms with Gasteiger partial charge in [-0.1, -0.05) is 17.7 Å². The van der Waals surface area contributed by atoms with Crippen LogP contribution >= 0.6 is 0 Å². The van der Waals surface area contributed by atoms with Crippen LogP contribution in [0.15, 0.2) is 12.1 Å². The number of carbonyl (C=O) groups is 1. The summed E-state index contributed by atoms with van der Waals surface area (Å²) in [5.41, 5.74) is 5.23. The van der Waals surface area contributed by atoms with Crippen LogP contribution in [0.3, 0.4) is 0 Å². The van der Waals surface area contributed by atoms with Gasteiger partial charge in [-0.2, -0.15) is 0 Å². The fourth-order valence-corrected chi connectivity index (χ4v) is 3.47. The summed E-state index contributed by atoms with van der Waals surface area (Å²) in [6.45, 7) is 10.9. The van der Waals surface area contributed by atoms with Gasteiger partial charge in [0.15, 0.2) is 0 Å². The standard InChI is InChI=1S/C18H28N2O/c1-13-10-14(2)18(15(3)11-13)16(4)19-12-17(21)20-8-6-5-7-9-20/h10-11,16,19H,5-9,12H2,1-4H3. The molecule has 0 aliphatic carbocycles. The molecule has 1 heterocycles. The summed E-state index contributed by atoms with van der Waals surface area (Å²) >= 11 is 0. The van der Waals surface area contributed by atoms with E-state index >= 15 is 0 Å². The lowest BCUT2D eigenvalue weighted by Crippen LogP contribution is -2.41. The maximum atomic E-state index is 12.2. The molecule has 0 bridgehead atoms. The minimum Gasteiger partial charge on any atom is -0.342 e. The maximum Gasteiger partial charge on any atom is 0.236 e. The molecule has 1 saturated heterocycles. The number of likely N-dealkylation sites (tertiary alicyclic amines) is 1. The first-order chi connectivity index (χ1) is 9.99. The van der Waals surface area contributed by atoms with Crippen LogP contribution in [0.2, 0.25) is 0 Å². The Morgan fingerprint density at radius 1 is 1.14 bits per heavy atom. The van der Waals surface area contributed by atoms with E-state index < -0.39 is 0 Å². The molecule has 116 valence electrons. The van der Waals surface area contributed by atoms with Crippen LogP contribution in [0, 0.1) is 20.8 Å². The molecular weight excluding hydrogens is 260 g/mol. The summed E-state index contributed by atoms with van der Waals surface area (Å²) in [5, 5.41) is 3.41. The molecule has 1 N–H and O–H groups in total. The van der Waals surface area contributed by atoms with Gasteiger partial charge in [-0.05, 0) is 63.6 Å². The lowest BCUT2D eigenvalue weighted by molar-refractivity contribution is -0.131. The molecule has 0 saturated carbocycles. The average molecular weight is 288 g/mol. The monoisotopic (exact) mass is 288 g/mol. The van der Waals surface area contributed by atoms with Crippen molar-refractivity contribution in [2.75, 3.05) is 19.6 Å². The maximum absolute atomic E-state index is 12.2. The Bertz CT molecular complexity index is 481. The Labute approximate surface area is 128 Å². The second kappa shape index (κ2) is 7.08. The largest absolute Gasteiger partial charge is 0.342 e. The molecule has 1 amide bonds. The van der Waals surface area contributed by atoms with Gasteiger partial charge in [0.1, 0.15) is 0 Å². The Hall–Kier alpha value is -1.35. The number of piperidine rings is 1. The third-order valence-electron chi connectivity index (χ3n) is 4.44. The molecule has 1 aromatic carbocycles. The topological polar surface area (TPSA) is 32.3 Å². The average Bonchev–Trinajstić information content (AvgIpc) is 2.44. The van der Waals surface area contributed by atoms with Crippen molar-refractivity contribution in [3.05, 3.63) is 34.4 Å². The van der Waals surface area contributed by atoms with E-state index in [0.717, 1.165) is 25.9 Å². The molecule has 2 rings (SSSR count). The number of rotatable bonds is 4. The van der Waals surface area contributed by atoms with Crippen LogP contribution in [-0.4, -0.2) is 30.4 Å². The van der Waals surface area contributed by atoms with Crippen molar-refractivity contribution in [2.24, 2.45) is 0 Å². The van der Waals surface area contributed by atoms with Gasteiger partial charge in [-0.3, -0.25) is 4.79 Å². The fraction of sp³-hybridized carbons (Fsp3) is 0.611. The predicted molar refractivity (Wildman–Crippen MR) is 87.5 cm³/mol. The summed E-state index contributed by atoms with van der Waals surface area (Å²) in [5.74, 6) is 0.240. The Morgan fingerprint density at radius 2 is 1.71 bits per heavy atom. The molecule has 0 aromatic heterocycles. The van der Waals surface area contributed by atoms with Crippen molar-refractivity contribution in [1.29, 1.82) is 0 Å². The predicted octanol–water partition coefficient (Wildman–Crippen LogP) is 3.27. The Balaban J connectivity index is 1.95. The van der Waals surface area contributed by atoms with E-state index in [1.54, 1.807) is 0 Å². The molecule has 0 spiro atoms. The number of amides is 1. The van der Waals surface area contributed by atoms with Crippen molar-refractivity contribution in [2.45, 2.75) is 53.0 Å². The van der Waals surface area contributed by atoms with Crippen molar-refractivity contribution >= 4 is 5.91 Å². The smallest absolute Gasteiger partial charge is 0.236 e. The number of hydrogen-bond donors (Lipinski definition) is 1. The van der Waals surface area contributed by atoms with Crippen molar-refractivity contribution in [1.82, 2.24) is 10.2 Å². The van der Waals surface area contributed by atoms with Gasteiger partial charge in [0, 0.05) is 19.1 Å². The van der Waals surface area contributed by atoms with Crippen LogP contribution in [0.1, 0.15) is 54.5 Å². The third-order valence-corrected chi connectivity index (χ3v) is 4.44. The SMILES string of the molecule is Cc1cc(C)c(C(C)NCC(=O)N2CCCCC2)c(C)c1. The fourth-order valence-electron chi connectivity index (χ4n) is 3.47. The van der Waals surface area contributed by atoms with E-state index in [0.29, 0.717) is 6.54 Å². The molecule has 1 aliphatic heterocycles. The van der Waals surface area contributed by atoms with E-state index in [1.807, 2.05) is 4.90 Å². The number of nitrogens with one attached hydrogen (secondary N) is 1. The number of hydrogen-bond acceptors (Lipinski definition) is 2. The van der Waals surface area contributed by atoms with Gasteiger partial charge in [-0.25, -0.2) is 0 Å². The van der Waals surface area contributed by atoms with Gasteiger partial charge in [0.05, 0.1) is 6.54 Å². The molecule has 3 heteroatoms. The molecule has 1 aliphatic rings. The lowest BCUT2D eigenvalue weighted by atomic mass is 9.95. The van der Waals surface area contributed by atoms with Crippen LogP contribution in [0.25, 0.3) is 0 Å². The first-order valence-corrected chi connectivity index (χ1v) is 8.08. The minimum absolute atomic E-state index is 0.208. The molecule has 1 fully saturated rings. The van der Waals surface area contributed by atoms with Crippen LogP contribution in [0.5, 0.6) is 0 Å². The number of carbonyl (C=O) groups excluding carboxylic acids is 1. The van der Waals surface area contributed by atoms with Crippen LogP contribution in [-0.2, 0) is 4.79 Å². The zero-order chi connectivity index (χ0) is 15.4. The second-order valence-corrected chi connectivity index (χ2v) is 6.36. The molecule has 1 aromatic rings. The highest BCUT2D eigenvalue weighted by Crippen LogP contribution is 2.23. The molecule has 0 radical (unpaired) electrons. The second-order valence-electron chi connectivity index (χ2n) is 6.36. The first kappa shape index (κ1) is 16.0. The van der Waals surface area contributed by atoms with Crippen LogP contribution < -0.4 is 5.32 Å². The summed E-state index contributed by atoms with van der Waals surface area (Å²) in [6.07, 6.45) is 3.56. The third kappa shape index (κ3) is 4.07. The molecular formula is C18H28N2O. The molecule has 1 unspecified atom stereocenters. The zero-order valence-electron chi connectivity index (χ0n) is 13.8. The zero-order valence-corrected chi connectivity index (χ0v) is 13.8. The van der Waals surface area contributed by atoms with E-state index in [-0.39, 0.29) is 11.9 Å². The molecule has 21 heavy (non-hydrogen) atoms. The van der Waals surface area contributed by atoms with Gasteiger partial charge in [0.2, 0.25) is 5.91 Å². The Kier molecular flexibility index (Phi) is 5.40. The summed E-state index contributed by atoms with van der Waals surface area (Å²) < 4.78 is 0. The lowest BCUT2D eigenvalue weighted by Gasteiger charge is -2.28. The number of benzene rings is 1. The number of aryl methyl sites for hydroxylation is 3. The van der Waals surface area contributed by atoms with Crippen LogP contribution in [0.4, 0.5) is 0 Å². The van der Waals surface area contributed by atoms with Gasteiger partial charge in [-0.15, -0.1) is 0 Å². The minimum atomic E-state index is 0.208. The van der Waals surface area contributed by atoms with E-state index in [2.05, 4.69) is 45.1 Å². The first-order valence-electron chi connectivity index (χ1n) is 8.08. The quantitative estimate of drug-likeness (QED) is 0.922. The molecule has 3 nitrogen and oxygen atoms in total.